The number of benzene rings is 1. The largest absolute Gasteiger partial charge is 0.351 e. The quantitative estimate of drug-likeness (QED) is 0.712. The molecule has 2 aliphatic heterocycles. The Morgan fingerprint density at radius 3 is 2.58 bits per heavy atom. The fourth-order valence-corrected chi connectivity index (χ4v) is 4.94. The summed E-state index contributed by atoms with van der Waals surface area (Å²) in [6.45, 7) is 1.09. The normalized spacial score (nSPS) is 27.5. The molecular formula is C16H18ClN3O5S. The van der Waals surface area contributed by atoms with Crippen molar-refractivity contribution in [1.82, 2.24) is 15.5 Å². The van der Waals surface area contributed by atoms with Gasteiger partial charge in [0.1, 0.15) is 12.1 Å². The van der Waals surface area contributed by atoms with E-state index in [2.05, 4.69) is 10.6 Å². The molecule has 2 atom stereocenters. The van der Waals surface area contributed by atoms with E-state index in [4.69, 9.17) is 11.6 Å². The fraction of sp³-hybridized carbons (Fsp3) is 0.438. The number of rotatable bonds is 4. The predicted octanol–water partition coefficient (Wildman–Crippen LogP) is 0.410. The van der Waals surface area contributed by atoms with Crippen LogP contribution in [0.3, 0.4) is 0 Å². The van der Waals surface area contributed by atoms with Crippen molar-refractivity contribution in [2.45, 2.75) is 24.9 Å². The molecule has 0 radical (unpaired) electrons. The predicted molar refractivity (Wildman–Crippen MR) is 94.3 cm³/mol. The number of hydrogen-bond donors (Lipinski definition) is 2. The van der Waals surface area contributed by atoms with Crippen LogP contribution >= 0.6 is 11.6 Å². The summed E-state index contributed by atoms with van der Waals surface area (Å²) < 4.78 is 22.9. The van der Waals surface area contributed by atoms with Gasteiger partial charge in [0.15, 0.2) is 9.84 Å². The Morgan fingerprint density at radius 2 is 2.00 bits per heavy atom. The van der Waals surface area contributed by atoms with Crippen molar-refractivity contribution in [3.05, 3.63) is 34.9 Å². The number of amides is 4. The van der Waals surface area contributed by atoms with E-state index in [-0.39, 0.29) is 11.5 Å². The molecule has 2 saturated heterocycles. The van der Waals surface area contributed by atoms with Gasteiger partial charge in [-0.2, -0.15) is 0 Å². The number of carbonyl (C=O) groups is 3. The number of urea groups is 1. The van der Waals surface area contributed by atoms with Gasteiger partial charge in [-0.15, -0.1) is 0 Å². The summed E-state index contributed by atoms with van der Waals surface area (Å²) in [6.07, 6.45) is 0.330. The lowest BCUT2D eigenvalue weighted by atomic mass is 9.92. The maximum Gasteiger partial charge on any atom is 0.325 e. The molecule has 0 unspecified atom stereocenters. The highest BCUT2D eigenvalue weighted by Gasteiger charge is 2.49. The Balaban J connectivity index is 1.69. The van der Waals surface area contributed by atoms with Crippen LogP contribution in [0.4, 0.5) is 4.79 Å². The summed E-state index contributed by atoms with van der Waals surface area (Å²) in [4.78, 5) is 37.9. The second-order valence-corrected chi connectivity index (χ2v) is 9.29. The van der Waals surface area contributed by atoms with Crippen LogP contribution in [-0.2, 0) is 25.0 Å². The third kappa shape index (κ3) is 3.54. The Hall–Kier alpha value is -2.13. The molecule has 0 bridgehead atoms. The SMILES string of the molecule is C[C@]1(c2ccc(Cl)cc2)NC(=O)N(CC(=O)N[C@@H]2CCS(=O)(=O)C2)C1=O. The Kier molecular flexibility index (Phi) is 4.70. The first-order valence-corrected chi connectivity index (χ1v) is 10.2. The minimum atomic E-state index is -3.13. The van der Waals surface area contributed by atoms with Gasteiger partial charge in [-0.3, -0.25) is 14.5 Å². The molecule has 4 amide bonds. The number of nitrogens with one attached hydrogen (secondary N) is 2. The topological polar surface area (TPSA) is 113 Å². The molecule has 0 aromatic heterocycles. The minimum absolute atomic E-state index is 0.0235. The zero-order valence-corrected chi connectivity index (χ0v) is 15.6. The minimum Gasteiger partial charge on any atom is -0.351 e. The second kappa shape index (κ2) is 6.55. The van der Waals surface area contributed by atoms with Crippen LogP contribution in [0.2, 0.25) is 5.02 Å². The highest BCUT2D eigenvalue weighted by atomic mass is 35.5. The highest BCUT2D eigenvalue weighted by Crippen LogP contribution is 2.29. The van der Waals surface area contributed by atoms with E-state index < -0.39 is 45.8 Å². The molecule has 2 heterocycles. The lowest BCUT2D eigenvalue weighted by molar-refractivity contribution is -0.135. The summed E-state index contributed by atoms with van der Waals surface area (Å²) in [6, 6.07) is 5.31. The van der Waals surface area contributed by atoms with Crippen molar-refractivity contribution >= 4 is 39.3 Å². The second-order valence-electron chi connectivity index (χ2n) is 6.62. The third-order valence-electron chi connectivity index (χ3n) is 4.60. The molecule has 2 aliphatic rings. The van der Waals surface area contributed by atoms with E-state index >= 15 is 0 Å². The molecule has 140 valence electrons. The van der Waals surface area contributed by atoms with Crippen molar-refractivity contribution in [2.75, 3.05) is 18.1 Å². The number of halogens is 1. The Labute approximate surface area is 155 Å². The molecule has 1 aromatic rings. The molecule has 2 fully saturated rings. The van der Waals surface area contributed by atoms with E-state index in [1.807, 2.05) is 0 Å². The average Bonchev–Trinajstić information content (AvgIpc) is 3.00. The maximum atomic E-state index is 12.7. The van der Waals surface area contributed by atoms with Gasteiger partial charge in [0.2, 0.25) is 5.91 Å². The van der Waals surface area contributed by atoms with Gasteiger partial charge in [-0.25, -0.2) is 13.2 Å². The first-order valence-electron chi connectivity index (χ1n) is 8.01. The van der Waals surface area contributed by atoms with Crippen molar-refractivity contribution in [1.29, 1.82) is 0 Å². The standard InChI is InChI=1S/C16H18ClN3O5S/c1-16(10-2-4-11(17)5-3-10)14(22)20(15(23)19-16)8-13(21)18-12-6-7-26(24,25)9-12/h2-5,12H,6-9H2,1H3,(H,18,21)(H,19,23)/t12-,16-/m1/s1. The van der Waals surface area contributed by atoms with Gasteiger partial charge in [0.25, 0.3) is 5.91 Å². The summed E-state index contributed by atoms with van der Waals surface area (Å²) >= 11 is 5.85. The van der Waals surface area contributed by atoms with Crippen LogP contribution in [0.5, 0.6) is 0 Å². The zero-order chi connectivity index (χ0) is 19.1. The number of imide groups is 1. The molecule has 8 nitrogen and oxygen atoms in total. The average molecular weight is 400 g/mol. The molecule has 3 rings (SSSR count). The molecule has 2 N–H and O–H groups in total. The van der Waals surface area contributed by atoms with Crippen molar-refractivity contribution in [2.24, 2.45) is 0 Å². The summed E-state index contributed by atoms with van der Waals surface area (Å²) in [5.41, 5.74) is -0.747. The summed E-state index contributed by atoms with van der Waals surface area (Å²) in [5, 5.41) is 5.66. The van der Waals surface area contributed by atoms with Crippen molar-refractivity contribution < 1.29 is 22.8 Å². The van der Waals surface area contributed by atoms with Gasteiger partial charge in [0.05, 0.1) is 11.5 Å². The molecule has 10 heteroatoms. The molecular weight excluding hydrogens is 382 g/mol. The Bertz CT molecular complexity index is 870. The number of hydrogen-bond acceptors (Lipinski definition) is 5. The number of carbonyl (C=O) groups excluding carboxylic acids is 3. The lowest BCUT2D eigenvalue weighted by Crippen LogP contribution is -2.45. The third-order valence-corrected chi connectivity index (χ3v) is 6.62. The first-order chi connectivity index (χ1) is 12.1. The van der Waals surface area contributed by atoms with Gasteiger partial charge < -0.3 is 10.6 Å². The summed E-state index contributed by atoms with van der Waals surface area (Å²) in [5.74, 6) is -1.23. The van der Waals surface area contributed by atoms with Crippen LogP contribution in [0, 0.1) is 0 Å². The van der Waals surface area contributed by atoms with Crippen LogP contribution in [0.1, 0.15) is 18.9 Å². The maximum absolute atomic E-state index is 12.7. The number of sulfone groups is 1. The molecule has 0 saturated carbocycles. The van der Waals surface area contributed by atoms with Crippen LogP contribution in [0.25, 0.3) is 0 Å². The van der Waals surface area contributed by atoms with Gasteiger partial charge >= 0.3 is 6.03 Å². The first kappa shape index (κ1) is 18.7. The van der Waals surface area contributed by atoms with E-state index in [9.17, 15) is 22.8 Å². The molecule has 0 aliphatic carbocycles. The van der Waals surface area contributed by atoms with Crippen LogP contribution in [0.15, 0.2) is 24.3 Å². The number of nitrogens with zero attached hydrogens (tertiary/aromatic N) is 1. The smallest absolute Gasteiger partial charge is 0.325 e. The monoisotopic (exact) mass is 399 g/mol. The summed E-state index contributed by atoms with van der Waals surface area (Å²) in [7, 11) is -3.13. The van der Waals surface area contributed by atoms with Gasteiger partial charge in [-0.1, -0.05) is 23.7 Å². The molecule has 26 heavy (non-hydrogen) atoms. The van der Waals surface area contributed by atoms with E-state index in [0.29, 0.717) is 17.0 Å². The lowest BCUT2D eigenvalue weighted by Gasteiger charge is -2.22. The van der Waals surface area contributed by atoms with Crippen LogP contribution in [-0.4, -0.2) is 55.3 Å². The van der Waals surface area contributed by atoms with Crippen LogP contribution < -0.4 is 10.6 Å². The van der Waals surface area contributed by atoms with Gasteiger partial charge in [-0.05, 0) is 31.0 Å². The van der Waals surface area contributed by atoms with E-state index in [1.54, 1.807) is 31.2 Å². The van der Waals surface area contributed by atoms with E-state index in [0.717, 1.165) is 4.90 Å². The molecule has 1 aromatic carbocycles. The fourth-order valence-electron chi connectivity index (χ4n) is 3.15. The van der Waals surface area contributed by atoms with Gasteiger partial charge in [0, 0.05) is 11.1 Å². The highest BCUT2D eigenvalue weighted by molar-refractivity contribution is 7.91. The van der Waals surface area contributed by atoms with E-state index in [1.165, 1.54) is 0 Å². The zero-order valence-electron chi connectivity index (χ0n) is 14.0. The Morgan fingerprint density at radius 1 is 1.35 bits per heavy atom. The van der Waals surface area contributed by atoms with Crippen molar-refractivity contribution in [3.63, 3.8) is 0 Å². The molecule has 0 spiro atoms. The van der Waals surface area contributed by atoms with Crippen molar-refractivity contribution in [3.8, 4) is 0 Å².